The first-order valence-electron chi connectivity index (χ1n) is 10.3. The predicted octanol–water partition coefficient (Wildman–Crippen LogP) is 2.69. The maximum atomic E-state index is 12.7. The summed E-state index contributed by atoms with van der Waals surface area (Å²) < 4.78 is 0. The number of carbonyl (C=O) groups excluding carboxylic acids is 2. The minimum absolute atomic E-state index is 0.0343. The minimum Gasteiger partial charge on any atom is -0.354 e. The van der Waals surface area contributed by atoms with Crippen LogP contribution in [0.1, 0.15) is 51.5 Å². The quantitative estimate of drug-likeness (QED) is 0.839. The van der Waals surface area contributed by atoms with Gasteiger partial charge < -0.3 is 15.1 Å². The SMILES string of the molecule is CC1(C)CC(=O)N(CC(=O)NCC2(CN3CCCC3)CC2)c2ccccc21. The fourth-order valence-corrected chi connectivity index (χ4v) is 4.63. The van der Waals surface area contributed by atoms with E-state index in [-0.39, 0.29) is 29.2 Å². The van der Waals surface area contributed by atoms with Gasteiger partial charge in [0.05, 0.1) is 0 Å². The molecule has 1 aromatic rings. The first kappa shape index (κ1) is 18.5. The van der Waals surface area contributed by atoms with E-state index in [1.807, 2.05) is 18.2 Å². The standard InChI is InChI=1S/C22H31N3O2/c1-21(2)13-20(27)25(18-8-4-3-7-17(18)21)14-19(26)23-15-22(9-10-22)16-24-11-5-6-12-24/h3-4,7-8H,5-6,9-16H2,1-2H3,(H,23,26). The van der Waals surface area contributed by atoms with Gasteiger partial charge in [0, 0.05) is 36.0 Å². The van der Waals surface area contributed by atoms with Gasteiger partial charge in [-0.2, -0.15) is 0 Å². The van der Waals surface area contributed by atoms with Crippen LogP contribution in [0.4, 0.5) is 5.69 Å². The van der Waals surface area contributed by atoms with Crippen LogP contribution >= 0.6 is 0 Å². The molecule has 2 fully saturated rings. The Balaban J connectivity index is 1.37. The van der Waals surface area contributed by atoms with Crippen LogP contribution in [0.2, 0.25) is 0 Å². The molecule has 0 aromatic heterocycles. The summed E-state index contributed by atoms with van der Waals surface area (Å²) in [5, 5.41) is 3.12. The van der Waals surface area contributed by atoms with Gasteiger partial charge in [0.25, 0.3) is 0 Å². The lowest BCUT2D eigenvalue weighted by molar-refractivity contribution is -0.124. The van der Waals surface area contributed by atoms with E-state index in [2.05, 4.69) is 30.1 Å². The van der Waals surface area contributed by atoms with Crippen molar-refractivity contribution in [3.8, 4) is 0 Å². The molecule has 1 saturated carbocycles. The van der Waals surface area contributed by atoms with Crippen molar-refractivity contribution in [3.05, 3.63) is 29.8 Å². The number of rotatable bonds is 6. The van der Waals surface area contributed by atoms with Crippen LogP contribution in [-0.4, -0.2) is 49.4 Å². The van der Waals surface area contributed by atoms with Gasteiger partial charge in [-0.1, -0.05) is 32.0 Å². The highest BCUT2D eigenvalue weighted by molar-refractivity contribution is 6.02. The molecule has 0 radical (unpaired) electrons. The summed E-state index contributed by atoms with van der Waals surface area (Å²) in [4.78, 5) is 29.5. The summed E-state index contributed by atoms with van der Waals surface area (Å²) in [6.07, 6.45) is 5.44. The van der Waals surface area contributed by atoms with E-state index in [1.54, 1.807) is 4.90 Å². The number of fused-ring (bicyclic) bond motifs is 1. The number of para-hydroxylation sites is 1. The van der Waals surface area contributed by atoms with Gasteiger partial charge in [0.2, 0.25) is 11.8 Å². The molecule has 0 atom stereocenters. The molecule has 27 heavy (non-hydrogen) atoms. The molecule has 2 amide bonds. The maximum Gasteiger partial charge on any atom is 0.240 e. The number of anilines is 1. The van der Waals surface area contributed by atoms with Crippen LogP contribution in [0.5, 0.6) is 0 Å². The lowest BCUT2D eigenvalue weighted by Crippen LogP contribution is -2.48. The summed E-state index contributed by atoms with van der Waals surface area (Å²) in [6, 6.07) is 7.97. The molecule has 3 aliphatic rings. The third-order valence-electron chi connectivity index (χ3n) is 6.50. The molecule has 2 heterocycles. The molecule has 5 nitrogen and oxygen atoms in total. The van der Waals surface area contributed by atoms with E-state index < -0.39 is 0 Å². The van der Waals surface area contributed by atoms with Crippen LogP contribution < -0.4 is 10.2 Å². The highest BCUT2D eigenvalue weighted by Crippen LogP contribution is 2.46. The van der Waals surface area contributed by atoms with Crippen molar-refractivity contribution < 1.29 is 9.59 Å². The topological polar surface area (TPSA) is 52.7 Å². The number of carbonyl (C=O) groups is 2. The van der Waals surface area contributed by atoms with E-state index >= 15 is 0 Å². The van der Waals surface area contributed by atoms with Crippen LogP contribution in [0.15, 0.2) is 24.3 Å². The van der Waals surface area contributed by atoms with E-state index in [4.69, 9.17) is 0 Å². The fourth-order valence-electron chi connectivity index (χ4n) is 4.63. The van der Waals surface area contributed by atoms with Gasteiger partial charge in [-0.25, -0.2) is 0 Å². The van der Waals surface area contributed by atoms with Gasteiger partial charge in [-0.3, -0.25) is 9.59 Å². The summed E-state index contributed by atoms with van der Waals surface area (Å²) >= 11 is 0. The second kappa shape index (κ2) is 6.93. The Labute approximate surface area is 162 Å². The third-order valence-corrected chi connectivity index (χ3v) is 6.50. The van der Waals surface area contributed by atoms with Crippen LogP contribution in [0.25, 0.3) is 0 Å². The van der Waals surface area contributed by atoms with E-state index in [1.165, 1.54) is 38.8 Å². The van der Waals surface area contributed by atoms with E-state index in [0.717, 1.165) is 24.3 Å². The van der Waals surface area contributed by atoms with Crippen molar-refractivity contribution >= 4 is 17.5 Å². The lowest BCUT2D eigenvalue weighted by atomic mass is 9.77. The number of amides is 2. The molecule has 5 heteroatoms. The summed E-state index contributed by atoms with van der Waals surface area (Å²) in [5.41, 5.74) is 2.11. The van der Waals surface area contributed by atoms with Gasteiger partial charge in [0.15, 0.2) is 0 Å². The zero-order valence-electron chi connectivity index (χ0n) is 16.6. The highest BCUT2D eigenvalue weighted by Gasteiger charge is 2.44. The monoisotopic (exact) mass is 369 g/mol. The Morgan fingerprint density at radius 1 is 1.15 bits per heavy atom. The molecular weight excluding hydrogens is 338 g/mol. The van der Waals surface area contributed by atoms with Crippen LogP contribution in [0, 0.1) is 5.41 Å². The van der Waals surface area contributed by atoms with E-state index in [9.17, 15) is 9.59 Å². The molecule has 1 saturated heterocycles. The first-order valence-corrected chi connectivity index (χ1v) is 10.3. The molecule has 0 unspecified atom stereocenters. The Kier molecular flexibility index (Phi) is 4.75. The Morgan fingerprint density at radius 3 is 2.56 bits per heavy atom. The van der Waals surface area contributed by atoms with Crippen molar-refractivity contribution in [3.63, 3.8) is 0 Å². The second-order valence-electron chi connectivity index (χ2n) is 9.32. The number of hydrogen-bond acceptors (Lipinski definition) is 3. The lowest BCUT2D eigenvalue weighted by Gasteiger charge is -2.38. The molecule has 4 rings (SSSR count). The van der Waals surface area contributed by atoms with Gasteiger partial charge in [-0.05, 0) is 50.4 Å². The minimum atomic E-state index is -0.186. The molecule has 1 aliphatic carbocycles. The van der Waals surface area contributed by atoms with Gasteiger partial charge in [-0.15, -0.1) is 0 Å². The van der Waals surface area contributed by atoms with E-state index in [0.29, 0.717) is 6.42 Å². The molecule has 2 aliphatic heterocycles. The zero-order chi connectivity index (χ0) is 19.1. The Bertz CT molecular complexity index is 733. The number of benzene rings is 1. The fraction of sp³-hybridized carbons (Fsp3) is 0.636. The van der Waals surface area contributed by atoms with Gasteiger partial charge in [0.1, 0.15) is 6.54 Å². The smallest absolute Gasteiger partial charge is 0.240 e. The zero-order valence-corrected chi connectivity index (χ0v) is 16.6. The highest BCUT2D eigenvalue weighted by atomic mass is 16.2. The van der Waals surface area contributed by atoms with Gasteiger partial charge >= 0.3 is 0 Å². The van der Waals surface area contributed by atoms with Crippen LogP contribution in [-0.2, 0) is 15.0 Å². The first-order chi connectivity index (χ1) is 12.9. The second-order valence-corrected chi connectivity index (χ2v) is 9.32. The molecule has 146 valence electrons. The van der Waals surface area contributed by atoms with Crippen molar-refractivity contribution in [1.82, 2.24) is 10.2 Å². The van der Waals surface area contributed by atoms with Crippen molar-refractivity contribution in [2.75, 3.05) is 37.6 Å². The largest absolute Gasteiger partial charge is 0.354 e. The summed E-state index contributed by atoms with van der Waals surface area (Å²) in [6.45, 7) is 8.54. The molecule has 0 bridgehead atoms. The predicted molar refractivity (Wildman–Crippen MR) is 107 cm³/mol. The van der Waals surface area contributed by atoms with Crippen LogP contribution in [0.3, 0.4) is 0 Å². The molecular formula is C22H31N3O2. The average Bonchev–Trinajstić information content (AvgIpc) is 3.20. The van der Waals surface area contributed by atoms with Crippen molar-refractivity contribution in [2.24, 2.45) is 5.41 Å². The number of nitrogens with zero attached hydrogens (tertiary/aromatic N) is 2. The molecule has 0 spiro atoms. The summed E-state index contributed by atoms with van der Waals surface area (Å²) in [7, 11) is 0. The Morgan fingerprint density at radius 2 is 1.85 bits per heavy atom. The maximum absolute atomic E-state index is 12.7. The van der Waals surface area contributed by atoms with Crippen molar-refractivity contribution in [2.45, 2.75) is 51.4 Å². The third kappa shape index (κ3) is 3.88. The van der Waals surface area contributed by atoms with Crippen molar-refractivity contribution in [1.29, 1.82) is 0 Å². The molecule has 1 aromatic carbocycles. The number of nitrogens with one attached hydrogen (secondary N) is 1. The molecule has 1 N–H and O–H groups in total. The Hall–Kier alpha value is -1.88. The average molecular weight is 370 g/mol. The normalized spacial score (nSPS) is 23.2. The number of likely N-dealkylation sites (tertiary alicyclic amines) is 1. The summed E-state index contributed by atoms with van der Waals surface area (Å²) in [5.74, 6) is -0.0161. The number of hydrogen-bond donors (Lipinski definition) is 1.